The number of hydrogen-bond donors (Lipinski definition) is 1. The smallest absolute Gasteiger partial charge is 0.236 e. The SMILES string of the molecule is CCCOc1c(Cl)cc(-n2ccc3cc(CCc4cnc(NS(C)(=O)=O)nc4)ccc32)cc1C#N. The Morgan fingerprint density at radius 2 is 1.86 bits per heavy atom. The zero-order valence-electron chi connectivity index (χ0n) is 19.3. The lowest BCUT2D eigenvalue weighted by molar-refractivity contribution is 0.316. The second-order valence-electron chi connectivity index (χ2n) is 8.13. The second kappa shape index (κ2) is 10.3. The fourth-order valence-electron chi connectivity index (χ4n) is 3.72. The van der Waals surface area contributed by atoms with Crippen LogP contribution in [0.4, 0.5) is 5.95 Å². The van der Waals surface area contributed by atoms with Gasteiger partial charge in [-0.1, -0.05) is 24.6 Å². The molecular formula is C25H24ClN5O3S. The van der Waals surface area contributed by atoms with Crippen molar-refractivity contribution >= 4 is 38.5 Å². The molecule has 0 bridgehead atoms. The molecule has 0 aliphatic rings. The van der Waals surface area contributed by atoms with Crippen LogP contribution in [0.3, 0.4) is 0 Å². The molecule has 0 spiro atoms. The molecule has 2 aromatic heterocycles. The van der Waals surface area contributed by atoms with E-state index in [0.29, 0.717) is 29.4 Å². The van der Waals surface area contributed by atoms with Crippen LogP contribution in [0.25, 0.3) is 16.6 Å². The summed E-state index contributed by atoms with van der Waals surface area (Å²) in [5.41, 5.74) is 4.24. The van der Waals surface area contributed by atoms with Gasteiger partial charge in [-0.05, 0) is 60.7 Å². The van der Waals surface area contributed by atoms with Crippen molar-refractivity contribution in [3.63, 3.8) is 0 Å². The first-order valence-electron chi connectivity index (χ1n) is 11.0. The van der Waals surface area contributed by atoms with E-state index in [1.54, 1.807) is 18.5 Å². The number of halogens is 1. The molecule has 0 amide bonds. The Labute approximate surface area is 209 Å². The molecule has 1 N–H and O–H groups in total. The van der Waals surface area contributed by atoms with Crippen LogP contribution in [-0.2, 0) is 22.9 Å². The summed E-state index contributed by atoms with van der Waals surface area (Å²) < 4.78 is 32.5. The van der Waals surface area contributed by atoms with E-state index in [9.17, 15) is 13.7 Å². The molecule has 4 rings (SSSR count). The zero-order chi connectivity index (χ0) is 25.0. The van der Waals surface area contributed by atoms with E-state index in [4.69, 9.17) is 16.3 Å². The van der Waals surface area contributed by atoms with Gasteiger partial charge in [0.15, 0.2) is 5.75 Å². The molecule has 0 radical (unpaired) electrons. The van der Waals surface area contributed by atoms with Gasteiger partial charge in [-0.2, -0.15) is 5.26 Å². The minimum Gasteiger partial charge on any atom is -0.491 e. The first-order chi connectivity index (χ1) is 16.8. The third-order valence-electron chi connectivity index (χ3n) is 5.32. The van der Waals surface area contributed by atoms with Gasteiger partial charge in [0.25, 0.3) is 0 Å². The summed E-state index contributed by atoms with van der Waals surface area (Å²) in [4.78, 5) is 8.12. The first-order valence-corrected chi connectivity index (χ1v) is 13.3. The van der Waals surface area contributed by atoms with Crippen molar-refractivity contribution in [3.8, 4) is 17.5 Å². The largest absolute Gasteiger partial charge is 0.491 e. The second-order valence-corrected chi connectivity index (χ2v) is 10.3. The Hall–Kier alpha value is -3.61. The molecule has 0 fully saturated rings. The van der Waals surface area contributed by atoms with Crippen LogP contribution >= 0.6 is 11.6 Å². The molecule has 0 aliphatic heterocycles. The molecule has 180 valence electrons. The summed E-state index contributed by atoms with van der Waals surface area (Å²) in [6.07, 6.45) is 8.58. The van der Waals surface area contributed by atoms with Crippen LogP contribution in [0.1, 0.15) is 30.0 Å². The van der Waals surface area contributed by atoms with Crippen molar-refractivity contribution in [2.75, 3.05) is 17.6 Å². The molecule has 0 saturated carbocycles. The van der Waals surface area contributed by atoms with Crippen LogP contribution in [0.5, 0.6) is 5.75 Å². The quantitative estimate of drug-likeness (QED) is 0.344. The van der Waals surface area contributed by atoms with E-state index in [0.717, 1.165) is 46.8 Å². The van der Waals surface area contributed by atoms with Crippen molar-refractivity contribution in [2.24, 2.45) is 0 Å². The molecule has 35 heavy (non-hydrogen) atoms. The van der Waals surface area contributed by atoms with Gasteiger partial charge in [0.05, 0.1) is 29.0 Å². The number of benzene rings is 2. The molecule has 0 unspecified atom stereocenters. The number of fused-ring (bicyclic) bond motifs is 1. The van der Waals surface area contributed by atoms with Gasteiger partial charge in [-0.3, -0.25) is 4.72 Å². The Bertz CT molecular complexity index is 1510. The Kier molecular flexibility index (Phi) is 7.24. The van der Waals surface area contributed by atoms with Gasteiger partial charge in [-0.25, -0.2) is 18.4 Å². The van der Waals surface area contributed by atoms with Gasteiger partial charge >= 0.3 is 0 Å². The molecule has 2 aromatic carbocycles. The van der Waals surface area contributed by atoms with Gasteiger partial charge in [0, 0.05) is 29.7 Å². The lowest BCUT2D eigenvalue weighted by Gasteiger charge is -2.13. The number of nitrogens with one attached hydrogen (secondary N) is 1. The van der Waals surface area contributed by atoms with Crippen molar-refractivity contribution in [2.45, 2.75) is 26.2 Å². The molecular weight excluding hydrogens is 486 g/mol. The third-order valence-corrected chi connectivity index (χ3v) is 6.15. The number of ether oxygens (including phenoxy) is 1. The van der Waals surface area contributed by atoms with E-state index >= 15 is 0 Å². The minimum atomic E-state index is -3.40. The molecule has 0 atom stereocenters. The Balaban J connectivity index is 1.52. The summed E-state index contributed by atoms with van der Waals surface area (Å²) in [7, 11) is -3.40. The van der Waals surface area contributed by atoms with Crippen LogP contribution in [0.15, 0.2) is 55.0 Å². The summed E-state index contributed by atoms with van der Waals surface area (Å²) in [6, 6.07) is 14.0. The maximum Gasteiger partial charge on any atom is 0.236 e. The molecule has 4 aromatic rings. The predicted molar refractivity (Wildman–Crippen MR) is 137 cm³/mol. The molecule has 0 aliphatic carbocycles. The normalized spacial score (nSPS) is 11.4. The van der Waals surface area contributed by atoms with Crippen LogP contribution in [0, 0.1) is 11.3 Å². The van der Waals surface area contributed by atoms with Crippen LogP contribution in [0.2, 0.25) is 5.02 Å². The number of aromatic nitrogens is 3. The lowest BCUT2D eigenvalue weighted by Crippen LogP contribution is -2.12. The third kappa shape index (κ3) is 5.91. The van der Waals surface area contributed by atoms with Gasteiger partial charge in [0.2, 0.25) is 16.0 Å². The average Bonchev–Trinajstić information content (AvgIpc) is 3.25. The lowest BCUT2D eigenvalue weighted by atomic mass is 10.0. The fourth-order valence-corrected chi connectivity index (χ4v) is 4.42. The van der Waals surface area contributed by atoms with Crippen molar-refractivity contribution < 1.29 is 13.2 Å². The maximum absolute atomic E-state index is 11.3. The molecule has 8 nitrogen and oxygen atoms in total. The van der Waals surface area contributed by atoms with E-state index in [-0.39, 0.29) is 5.95 Å². The summed E-state index contributed by atoms with van der Waals surface area (Å²) in [6.45, 7) is 2.49. The molecule has 10 heteroatoms. The highest BCUT2D eigenvalue weighted by molar-refractivity contribution is 7.91. The number of nitriles is 1. The topological polar surface area (TPSA) is 110 Å². The van der Waals surface area contributed by atoms with Crippen LogP contribution < -0.4 is 9.46 Å². The van der Waals surface area contributed by atoms with Crippen molar-refractivity contribution in [1.29, 1.82) is 5.26 Å². The minimum absolute atomic E-state index is 0.0589. The number of anilines is 1. The van der Waals surface area contributed by atoms with E-state index in [1.807, 2.05) is 35.9 Å². The highest BCUT2D eigenvalue weighted by Crippen LogP contribution is 2.33. The van der Waals surface area contributed by atoms with E-state index < -0.39 is 10.0 Å². The maximum atomic E-state index is 11.3. The van der Waals surface area contributed by atoms with E-state index in [1.165, 1.54) is 0 Å². The monoisotopic (exact) mass is 509 g/mol. The molecule has 2 heterocycles. The van der Waals surface area contributed by atoms with Gasteiger partial charge in [-0.15, -0.1) is 0 Å². The number of sulfonamides is 1. The number of rotatable bonds is 9. The highest BCUT2D eigenvalue weighted by Gasteiger charge is 2.14. The Morgan fingerprint density at radius 3 is 2.54 bits per heavy atom. The fraction of sp³-hybridized carbons (Fsp3) is 0.240. The zero-order valence-corrected chi connectivity index (χ0v) is 20.9. The van der Waals surface area contributed by atoms with Crippen LogP contribution in [-0.4, -0.2) is 35.8 Å². The summed E-state index contributed by atoms with van der Waals surface area (Å²) >= 11 is 6.45. The number of nitrogens with zero attached hydrogens (tertiary/aromatic N) is 4. The number of aryl methyl sites for hydroxylation is 2. The molecule has 0 saturated heterocycles. The number of hydrogen-bond acceptors (Lipinski definition) is 6. The standard InChI is InChI=1S/C25H24ClN5O3S/c1-3-10-34-24-20(14-27)12-21(13-22(24)26)31-9-8-19-11-17(6-7-23(19)31)4-5-18-15-28-25(29-16-18)30-35(2,32)33/h6-9,11-13,15-16H,3-5,10H2,1-2H3,(H,28,29,30). The van der Waals surface area contributed by atoms with E-state index in [2.05, 4.69) is 32.9 Å². The van der Waals surface area contributed by atoms with Gasteiger partial charge < -0.3 is 9.30 Å². The Morgan fingerprint density at radius 1 is 1.11 bits per heavy atom. The van der Waals surface area contributed by atoms with Crippen molar-refractivity contribution in [3.05, 3.63) is 76.7 Å². The summed E-state index contributed by atoms with van der Waals surface area (Å²) in [5.74, 6) is 0.478. The highest BCUT2D eigenvalue weighted by atomic mass is 35.5. The predicted octanol–water partition coefficient (Wildman–Crippen LogP) is 4.89. The average molecular weight is 510 g/mol. The first kappa shape index (κ1) is 24.5. The summed E-state index contributed by atoms with van der Waals surface area (Å²) in [5, 5.41) is 11.1. The van der Waals surface area contributed by atoms with Gasteiger partial charge in [0.1, 0.15) is 6.07 Å². The van der Waals surface area contributed by atoms with Crippen molar-refractivity contribution in [1.82, 2.24) is 14.5 Å².